The van der Waals surface area contributed by atoms with Gasteiger partial charge in [0.25, 0.3) is 11.3 Å². The summed E-state index contributed by atoms with van der Waals surface area (Å²) in [6.07, 6.45) is 1.02. The second kappa shape index (κ2) is 7.17. The number of nitrogens with two attached hydrogens (primary N) is 1. The molecule has 2 aromatic rings. The van der Waals surface area contributed by atoms with E-state index >= 15 is 0 Å². The first kappa shape index (κ1) is 17.9. The molecule has 1 fully saturated rings. The third kappa shape index (κ3) is 3.30. The SMILES string of the molecule is NCc1ccc(N(S(=O)O)C2(c3cc(F)ccc3F)CCCN2)cc1. The minimum atomic E-state index is -2.46. The molecule has 1 saturated heterocycles. The highest BCUT2D eigenvalue weighted by molar-refractivity contribution is 7.80. The number of rotatable bonds is 5. The summed E-state index contributed by atoms with van der Waals surface area (Å²) < 4.78 is 51.6. The molecule has 0 bridgehead atoms. The van der Waals surface area contributed by atoms with E-state index in [-0.39, 0.29) is 5.56 Å². The fraction of sp³-hybridized carbons (Fsp3) is 0.294. The fourth-order valence-corrected chi connectivity index (χ4v) is 4.09. The van der Waals surface area contributed by atoms with Crippen LogP contribution in [0.25, 0.3) is 0 Å². The van der Waals surface area contributed by atoms with Gasteiger partial charge in [-0.1, -0.05) is 12.1 Å². The van der Waals surface area contributed by atoms with Gasteiger partial charge in [-0.2, -0.15) is 0 Å². The van der Waals surface area contributed by atoms with Crippen LogP contribution in [-0.4, -0.2) is 15.3 Å². The molecule has 134 valence electrons. The average Bonchev–Trinajstić information content (AvgIpc) is 3.08. The molecule has 0 radical (unpaired) electrons. The molecule has 2 aromatic carbocycles. The van der Waals surface area contributed by atoms with Crippen LogP contribution in [0.4, 0.5) is 14.5 Å². The molecular weight excluding hydrogens is 348 g/mol. The monoisotopic (exact) mass is 367 g/mol. The summed E-state index contributed by atoms with van der Waals surface area (Å²) in [5, 5.41) is 3.10. The van der Waals surface area contributed by atoms with Crippen LogP contribution in [0, 0.1) is 11.6 Å². The van der Waals surface area contributed by atoms with Crippen molar-refractivity contribution in [3.8, 4) is 0 Å². The maximum Gasteiger partial charge on any atom is 0.263 e. The van der Waals surface area contributed by atoms with Gasteiger partial charge in [-0.3, -0.25) is 9.87 Å². The Morgan fingerprint density at radius 1 is 1.24 bits per heavy atom. The molecule has 4 N–H and O–H groups in total. The molecule has 3 rings (SSSR count). The van der Waals surface area contributed by atoms with Gasteiger partial charge in [-0.05, 0) is 55.3 Å². The molecule has 0 spiro atoms. The molecule has 1 aliphatic heterocycles. The molecule has 0 aromatic heterocycles. The van der Waals surface area contributed by atoms with Crippen LogP contribution in [0.5, 0.6) is 0 Å². The van der Waals surface area contributed by atoms with Crippen LogP contribution < -0.4 is 15.4 Å². The lowest BCUT2D eigenvalue weighted by molar-refractivity contribution is 0.379. The van der Waals surface area contributed by atoms with Gasteiger partial charge in [0.1, 0.15) is 17.3 Å². The van der Waals surface area contributed by atoms with E-state index < -0.39 is 28.6 Å². The lowest BCUT2D eigenvalue weighted by atomic mass is 9.96. The summed E-state index contributed by atoms with van der Waals surface area (Å²) >= 11 is -2.46. The van der Waals surface area contributed by atoms with Crippen LogP contribution in [0.2, 0.25) is 0 Å². The predicted molar refractivity (Wildman–Crippen MR) is 92.9 cm³/mol. The molecule has 25 heavy (non-hydrogen) atoms. The van der Waals surface area contributed by atoms with E-state index in [4.69, 9.17) is 5.73 Å². The Morgan fingerprint density at radius 3 is 2.52 bits per heavy atom. The normalized spacial score (nSPS) is 21.3. The van der Waals surface area contributed by atoms with Crippen molar-refractivity contribution in [1.29, 1.82) is 0 Å². The summed E-state index contributed by atoms with van der Waals surface area (Å²) in [6.45, 7) is 0.856. The van der Waals surface area contributed by atoms with Crippen LogP contribution in [-0.2, 0) is 23.5 Å². The van der Waals surface area contributed by atoms with E-state index in [1.54, 1.807) is 24.3 Å². The number of benzene rings is 2. The first-order chi connectivity index (χ1) is 12.0. The van der Waals surface area contributed by atoms with Crippen LogP contribution >= 0.6 is 0 Å². The number of halogens is 2. The zero-order valence-corrected chi connectivity index (χ0v) is 14.2. The van der Waals surface area contributed by atoms with Crippen LogP contribution in [0.1, 0.15) is 24.0 Å². The lowest BCUT2D eigenvalue weighted by Crippen LogP contribution is -2.54. The lowest BCUT2D eigenvalue weighted by Gasteiger charge is -2.40. The minimum Gasteiger partial charge on any atom is -0.326 e. The maximum absolute atomic E-state index is 14.5. The molecule has 0 amide bonds. The van der Waals surface area contributed by atoms with Gasteiger partial charge in [0.15, 0.2) is 0 Å². The first-order valence-electron chi connectivity index (χ1n) is 7.89. The summed E-state index contributed by atoms with van der Waals surface area (Å²) in [5.41, 5.74) is 5.56. The minimum absolute atomic E-state index is 0.00954. The van der Waals surface area contributed by atoms with Crippen LogP contribution in [0.3, 0.4) is 0 Å². The Balaban J connectivity index is 2.15. The smallest absolute Gasteiger partial charge is 0.263 e. The number of hydrogen-bond donors (Lipinski definition) is 3. The van der Waals surface area contributed by atoms with Crippen molar-refractivity contribution in [3.63, 3.8) is 0 Å². The average molecular weight is 367 g/mol. The van der Waals surface area contributed by atoms with Gasteiger partial charge in [0.05, 0.1) is 5.69 Å². The zero-order valence-electron chi connectivity index (χ0n) is 13.4. The molecule has 5 nitrogen and oxygen atoms in total. The second-order valence-corrected chi connectivity index (χ2v) is 6.74. The maximum atomic E-state index is 14.5. The Labute approximate surface area is 147 Å². The Bertz CT molecular complexity index is 780. The number of nitrogens with zero attached hydrogens (tertiary/aromatic N) is 1. The number of hydrogen-bond acceptors (Lipinski definition) is 3. The highest BCUT2D eigenvalue weighted by atomic mass is 32.2. The summed E-state index contributed by atoms with van der Waals surface area (Å²) in [7, 11) is 0. The van der Waals surface area contributed by atoms with E-state index in [2.05, 4.69) is 5.32 Å². The molecule has 2 atom stereocenters. The van der Waals surface area contributed by atoms with Gasteiger partial charge >= 0.3 is 0 Å². The summed E-state index contributed by atoms with van der Waals surface area (Å²) in [5.74, 6) is -1.24. The van der Waals surface area contributed by atoms with E-state index in [1.807, 2.05) is 0 Å². The highest BCUT2D eigenvalue weighted by Gasteiger charge is 2.46. The van der Waals surface area contributed by atoms with E-state index in [9.17, 15) is 17.5 Å². The number of nitrogens with one attached hydrogen (secondary N) is 1. The van der Waals surface area contributed by atoms with Crippen molar-refractivity contribution >= 4 is 17.0 Å². The van der Waals surface area contributed by atoms with Crippen molar-refractivity contribution in [3.05, 3.63) is 65.2 Å². The standard InChI is InChI=1S/C17H19F2N3O2S/c18-13-4-7-16(19)15(10-13)17(8-1-9-21-17)22(25(23)24)14-5-2-12(11-20)3-6-14/h2-7,10,21H,1,8-9,11,20H2,(H,23,24). The zero-order chi connectivity index (χ0) is 18.0. The Morgan fingerprint density at radius 2 is 1.96 bits per heavy atom. The van der Waals surface area contributed by atoms with Crippen molar-refractivity contribution in [2.24, 2.45) is 5.73 Å². The van der Waals surface area contributed by atoms with Gasteiger partial charge in [0.2, 0.25) is 0 Å². The Kier molecular flexibility index (Phi) is 5.14. The van der Waals surface area contributed by atoms with Gasteiger partial charge in [0, 0.05) is 12.1 Å². The largest absolute Gasteiger partial charge is 0.326 e. The molecule has 8 heteroatoms. The third-order valence-corrected chi connectivity index (χ3v) is 5.25. The van der Waals surface area contributed by atoms with E-state index in [0.717, 1.165) is 23.8 Å². The van der Waals surface area contributed by atoms with Crippen molar-refractivity contribution in [2.45, 2.75) is 25.0 Å². The second-order valence-electron chi connectivity index (χ2n) is 5.91. The topological polar surface area (TPSA) is 78.6 Å². The van der Waals surface area contributed by atoms with Gasteiger partial charge in [-0.25, -0.2) is 17.3 Å². The first-order valence-corrected chi connectivity index (χ1v) is 8.95. The summed E-state index contributed by atoms with van der Waals surface area (Å²) in [4.78, 5) is 0. The quantitative estimate of drug-likeness (QED) is 0.710. The predicted octanol–water partition coefficient (Wildman–Crippen LogP) is 2.60. The fourth-order valence-electron chi connectivity index (χ4n) is 3.27. The van der Waals surface area contributed by atoms with E-state index in [1.165, 1.54) is 4.31 Å². The molecule has 1 aliphatic rings. The summed E-state index contributed by atoms with van der Waals surface area (Å²) in [6, 6.07) is 9.89. The molecular formula is C17H19F2N3O2S. The molecule has 0 aliphatic carbocycles. The van der Waals surface area contributed by atoms with Gasteiger partial charge < -0.3 is 5.73 Å². The van der Waals surface area contributed by atoms with E-state index in [0.29, 0.717) is 31.6 Å². The van der Waals surface area contributed by atoms with Crippen molar-refractivity contribution in [1.82, 2.24) is 5.32 Å². The van der Waals surface area contributed by atoms with Crippen LogP contribution in [0.15, 0.2) is 42.5 Å². The molecule has 0 saturated carbocycles. The third-order valence-electron chi connectivity index (χ3n) is 4.42. The molecule has 1 heterocycles. The molecule has 2 unspecified atom stereocenters. The Hall–Kier alpha value is -1.87. The van der Waals surface area contributed by atoms with Crippen molar-refractivity contribution in [2.75, 3.05) is 10.8 Å². The highest BCUT2D eigenvalue weighted by Crippen LogP contribution is 2.40. The van der Waals surface area contributed by atoms with Gasteiger partial charge in [-0.15, -0.1) is 0 Å². The van der Waals surface area contributed by atoms with Crippen molar-refractivity contribution < 1.29 is 17.5 Å². The number of anilines is 1.